The molecule has 0 aliphatic carbocycles. The van der Waals surface area contributed by atoms with Gasteiger partial charge in [0.2, 0.25) is 15.9 Å². The van der Waals surface area contributed by atoms with Crippen molar-refractivity contribution in [3.63, 3.8) is 0 Å². The van der Waals surface area contributed by atoms with Gasteiger partial charge in [-0.2, -0.15) is 0 Å². The summed E-state index contributed by atoms with van der Waals surface area (Å²) in [4.78, 5) is 12.6. The smallest absolute Gasteiger partial charge is 0.261 e. The third-order valence-corrected chi connectivity index (χ3v) is 7.69. The van der Waals surface area contributed by atoms with Crippen molar-refractivity contribution in [1.29, 1.82) is 0 Å². The minimum atomic E-state index is -3.84. The number of hydrogen-bond donors (Lipinski definition) is 2. The monoisotopic (exact) mass is 521 g/mol. The molecule has 0 unspecified atom stereocenters. The molecule has 0 aliphatic heterocycles. The first-order valence-electron chi connectivity index (χ1n) is 10.1. The van der Waals surface area contributed by atoms with Gasteiger partial charge < -0.3 is 5.32 Å². The zero-order valence-corrected chi connectivity index (χ0v) is 21.1. The molecule has 8 nitrogen and oxygen atoms in total. The molecule has 0 atom stereocenters. The van der Waals surface area contributed by atoms with E-state index in [2.05, 4.69) is 10.0 Å². The Bertz CT molecular complexity index is 1400. The van der Waals surface area contributed by atoms with E-state index in [4.69, 9.17) is 11.6 Å². The van der Waals surface area contributed by atoms with Gasteiger partial charge in [0, 0.05) is 10.7 Å². The summed E-state index contributed by atoms with van der Waals surface area (Å²) in [5, 5.41) is 2.91. The molecule has 3 aromatic carbocycles. The Kier molecular flexibility index (Phi) is 7.54. The highest BCUT2D eigenvalue weighted by Crippen LogP contribution is 2.25. The average Bonchev–Trinajstić information content (AvgIpc) is 2.74. The fourth-order valence-electron chi connectivity index (χ4n) is 3.25. The van der Waals surface area contributed by atoms with Crippen LogP contribution in [0, 0.1) is 13.8 Å². The molecule has 2 N–H and O–H groups in total. The summed E-state index contributed by atoms with van der Waals surface area (Å²) in [6.45, 7) is 3.15. The lowest BCUT2D eigenvalue weighted by atomic mass is 10.1. The number of carbonyl (C=O) groups is 1. The normalized spacial score (nSPS) is 11.6. The Labute approximate surface area is 204 Å². The first-order chi connectivity index (χ1) is 15.9. The Morgan fingerprint density at radius 3 is 2.06 bits per heavy atom. The summed E-state index contributed by atoms with van der Waals surface area (Å²) in [5.41, 5.74) is 2.67. The molecule has 0 heterocycles. The molecule has 0 bridgehead atoms. The van der Waals surface area contributed by atoms with E-state index >= 15 is 0 Å². The molecule has 0 fully saturated rings. The van der Waals surface area contributed by atoms with Crippen LogP contribution in [-0.4, -0.2) is 35.5 Å². The van der Waals surface area contributed by atoms with Crippen molar-refractivity contribution in [3.05, 3.63) is 82.9 Å². The summed E-state index contributed by atoms with van der Waals surface area (Å²) in [6, 6.07) is 17.2. The van der Waals surface area contributed by atoms with Crippen LogP contribution in [-0.2, 0) is 24.8 Å². The Balaban J connectivity index is 1.74. The van der Waals surface area contributed by atoms with Crippen molar-refractivity contribution in [2.24, 2.45) is 0 Å². The number of halogens is 1. The zero-order valence-electron chi connectivity index (χ0n) is 18.7. The minimum absolute atomic E-state index is 0.0184. The van der Waals surface area contributed by atoms with Gasteiger partial charge in [-0.25, -0.2) is 16.8 Å². The van der Waals surface area contributed by atoms with Crippen LogP contribution in [0.2, 0.25) is 5.02 Å². The van der Waals surface area contributed by atoms with Gasteiger partial charge in [-0.05, 0) is 67.4 Å². The van der Waals surface area contributed by atoms with E-state index in [1.54, 1.807) is 12.1 Å². The van der Waals surface area contributed by atoms with Crippen LogP contribution in [0.1, 0.15) is 11.1 Å². The van der Waals surface area contributed by atoms with Crippen molar-refractivity contribution in [2.45, 2.75) is 18.7 Å². The molecule has 0 radical (unpaired) electrons. The first-order valence-corrected chi connectivity index (χ1v) is 13.8. The standard InChI is InChI=1S/C23H24ClN3O5S2/c1-16-6-4-7-17(2)23(16)26-34(31,32)21-12-10-19(11-13-21)25-22(28)15-27(33(3,29)30)20-9-5-8-18(24)14-20/h4-14,26H,15H2,1-3H3,(H,25,28). The van der Waals surface area contributed by atoms with Crippen LogP contribution >= 0.6 is 11.6 Å². The summed E-state index contributed by atoms with van der Waals surface area (Å²) < 4.78 is 53.6. The number of amides is 1. The van der Waals surface area contributed by atoms with Gasteiger partial charge in [0.05, 0.1) is 22.5 Å². The van der Waals surface area contributed by atoms with Gasteiger partial charge in [0.1, 0.15) is 6.54 Å². The number of anilines is 3. The van der Waals surface area contributed by atoms with Gasteiger partial charge >= 0.3 is 0 Å². The average molecular weight is 522 g/mol. The largest absolute Gasteiger partial charge is 0.325 e. The number of hydrogen-bond acceptors (Lipinski definition) is 5. The van der Waals surface area contributed by atoms with Crippen LogP contribution in [0.5, 0.6) is 0 Å². The second-order valence-electron chi connectivity index (χ2n) is 7.69. The van der Waals surface area contributed by atoms with Gasteiger partial charge in [-0.15, -0.1) is 0 Å². The first kappa shape index (κ1) is 25.5. The Morgan fingerprint density at radius 1 is 0.912 bits per heavy atom. The molecule has 0 saturated carbocycles. The van der Waals surface area contributed by atoms with Gasteiger partial charge in [0.25, 0.3) is 10.0 Å². The van der Waals surface area contributed by atoms with E-state index in [0.29, 0.717) is 16.4 Å². The molecule has 1 amide bonds. The van der Waals surface area contributed by atoms with Crippen LogP contribution in [0.4, 0.5) is 17.1 Å². The number of rotatable bonds is 8. The predicted octanol–water partition coefficient (Wildman–Crippen LogP) is 4.16. The number of carbonyl (C=O) groups excluding carboxylic acids is 1. The maximum atomic E-state index is 12.8. The van der Waals surface area contributed by atoms with Crippen LogP contribution in [0.25, 0.3) is 0 Å². The van der Waals surface area contributed by atoms with Crippen molar-refractivity contribution in [2.75, 3.05) is 27.1 Å². The van der Waals surface area contributed by atoms with E-state index in [9.17, 15) is 21.6 Å². The fraction of sp³-hybridized carbons (Fsp3) is 0.174. The third kappa shape index (κ3) is 6.28. The molecular formula is C23H24ClN3O5S2. The molecule has 0 spiro atoms. The number of nitrogens with one attached hydrogen (secondary N) is 2. The maximum absolute atomic E-state index is 12.8. The summed E-state index contributed by atoms with van der Waals surface area (Å²) in [6.07, 6.45) is 0.990. The van der Waals surface area contributed by atoms with Crippen molar-refractivity contribution >= 4 is 54.6 Å². The summed E-state index contributed by atoms with van der Waals surface area (Å²) in [7, 11) is -7.60. The van der Waals surface area contributed by atoms with E-state index in [0.717, 1.165) is 21.7 Å². The fourth-order valence-corrected chi connectivity index (χ4v) is 5.48. The van der Waals surface area contributed by atoms with Gasteiger partial charge in [-0.1, -0.05) is 35.9 Å². The quantitative estimate of drug-likeness (QED) is 0.462. The summed E-state index contributed by atoms with van der Waals surface area (Å²) >= 11 is 5.95. The molecule has 3 rings (SSSR count). The molecule has 3 aromatic rings. The molecule has 180 valence electrons. The summed E-state index contributed by atoms with van der Waals surface area (Å²) in [5.74, 6) is -0.602. The highest BCUT2D eigenvalue weighted by atomic mass is 35.5. The van der Waals surface area contributed by atoms with Gasteiger partial charge in [0.15, 0.2) is 0 Å². The van der Waals surface area contributed by atoms with Crippen LogP contribution < -0.4 is 14.3 Å². The second-order valence-corrected chi connectivity index (χ2v) is 11.7. The number of para-hydroxylation sites is 1. The van der Waals surface area contributed by atoms with E-state index in [1.807, 2.05) is 32.0 Å². The van der Waals surface area contributed by atoms with E-state index in [1.165, 1.54) is 36.4 Å². The van der Waals surface area contributed by atoms with E-state index in [-0.39, 0.29) is 10.6 Å². The maximum Gasteiger partial charge on any atom is 0.261 e. The Hall–Kier alpha value is -3.08. The van der Waals surface area contributed by atoms with Gasteiger partial charge in [-0.3, -0.25) is 13.8 Å². The topological polar surface area (TPSA) is 113 Å². The van der Waals surface area contributed by atoms with Crippen LogP contribution in [0.3, 0.4) is 0 Å². The molecule has 0 aromatic heterocycles. The molecule has 34 heavy (non-hydrogen) atoms. The highest BCUT2D eigenvalue weighted by Gasteiger charge is 2.22. The lowest BCUT2D eigenvalue weighted by molar-refractivity contribution is -0.114. The predicted molar refractivity (Wildman–Crippen MR) is 135 cm³/mol. The molecule has 0 saturated heterocycles. The highest BCUT2D eigenvalue weighted by molar-refractivity contribution is 7.92. The number of sulfonamides is 2. The lowest BCUT2D eigenvalue weighted by Crippen LogP contribution is -2.37. The number of benzene rings is 3. The van der Waals surface area contributed by atoms with Crippen LogP contribution in [0.15, 0.2) is 71.6 Å². The third-order valence-electron chi connectivity index (χ3n) is 4.95. The lowest BCUT2D eigenvalue weighted by Gasteiger charge is -2.22. The Morgan fingerprint density at radius 2 is 1.50 bits per heavy atom. The molecular weight excluding hydrogens is 498 g/mol. The number of nitrogens with zero attached hydrogens (tertiary/aromatic N) is 1. The van der Waals surface area contributed by atoms with Crippen molar-refractivity contribution < 1.29 is 21.6 Å². The van der Waals surface area contributed by atoms with Crippen molar-refractivity contribution in [3.8, 4) is 0 Å². The number of aryl methyl sites for hydroxylation is 2. The molecule has 0 aliphatic rings. The minimum Gasteiger partial charge on any atom is -0.325 e. The zero-order chi connectivity index (χ0) is 25.1. The van der Waals surface area contributed by atoms with Crippen molar-refractivity contribution in [1.82, 2.24) is 0 Å². The molecule has 11 heteroatoms. The SMILES string of the molecule is Cc1cccc(C)c1NS(=O)(=O)c1ccc(NC(=O)CN(c2cccc(Cl)c2)S(C)(=O)=O)cc1. The van der Waals surface area contributed by atoms with E-state index < -0.39 is 32.5 Å². The second kappa shape index (κ2) is 10.0.